The van der Waals surface area contributed by atoms with Crippen LogP contribution in [0.1, 0.15) is 49.8 Å². The van der Waals surface area contributed by atoms with Crippen LogP contribution in [0.15, 0.2) is 34.3 Å². The van der Waals surface area contributed by atoms with Crippen LogP contribution >= 0.6 is 15.9 Å². The maximum absolute atomic E-state index is 3.69. The average Bonchev–Trinajstić information content (AvgIpc) is 2.88. The predicted octanol–water partition coefficient (Wildman–Crippen LogP) is 4.91. The van der Waals surface area contributed by atoms with Gasteiger partial charge in [0.05, 0.1) is 6.04 Å². The lowest BCUT2D eigenvalue weighted by molar-refractivity contribution is 0.578. The number of benzene rings is 1. The van der Waals surface area contributed by atoms with E-state index >= 15 is 0 Å². The van der Waals surface area contributed by atoms with Crippen LogP contribution in [-0.2, 0) is 0 Å². The van der Waals surface area contributed by atoms with Gasteiger partial charge in [0.25, 0.3) is 0 Å². The van der Waals surface area contributed by atoms with Crippen molar-refractivity contribution in [3.63, 3.8) is 0 Å². The van der Waals surface area contributed by atoms with E-state index in [4.69, 9.17) is 0 Å². The lowest BCUT2D eigenvalue weighted by Crippen LogP contribution is -2.23. The van der Waals surface area contributed by atoms with Gasteiger partial charge in [-0.05, 0) is 56.3 Å². The Kier molecular flexibility index (Phi) is 5.02. The molecule has 0 fully saturated rings. The quantitative estimate of drug-likeness (QED) is 0.762. The molecular formula is C16H22BrN. The van der Waals surface area contributed by atoms with Gasteiger partial charge in [-0.1, -0.05) is 46.6 Å². The predicted molar refractivity (Wildman–Crippen MR) is 81.8 cm³/mol. The Morgan fingerprint density at radius 2 is 2.22 bits per heavy atom. The lowest BCUT2D eigenvalue weighted by atomic mass is 9.97. The van der Waals surface area contributed by atoms with Crippen molar-refractivity contribution in [2.75, 3.05) is 6.54 Å². The second-order valence-corrected chi connectivity index (χ2v) is 5.92. The minimum atomic E-state index is 0.407. The Bertz CT molecular complexity index is 437. The van der Waals surface area contributed by atoms with Crippen LogP contribution in [0.4, 0.5) is 0 Å². The molecule has 18 heavy (non-hydrogen) atoms. The van der Waals surface area contributed by atoms with Gasteiger partial charge in [0, 0.05) is 4.47 Å². The van der Waals surface area contributed by atoms with Crippen LogP contribution in [0.2, 0.25) is 0 Å². The average molecular weight is 308 g/mol. The molecule has 2 rings (SSSR count). The van der Waals surface area contributed by atoms with Gasteiger partial charge in [-0.2, -0.15) is 0 Å². The molecule has 0 spiro atoms. The van der Waals surface area contributed by atoms with Gasteiger partial charge in [-0.25, -0.2) is 0 Å². The summed E-state index contributed by atoms with van der Waals surface area (Å²) in [7, 11) is 0. The van der Waals surface area contributed by atoms with Crippen molar-refractivity contribution in [2.45, 2.75) is 45.6 Å². The van der Waals surface area contributed by atoms with Crippen molar-refractivity contribution in [1.82, 2.24) is 5.32 Å². The zero-order chi connectivity index (χ0) is 13.0. The fourth-order valence-corrected chi connectivity index (χ4v) is 2.89. The number of rotatable bonds is 5. The van der Waals surface area contributed by atoms with E-state index in [-0.39, 0.29) is 0 Å². The Labute approximate surface area is 119 Å². The molecule has 2 heteroatoms. The van der Waals surface area contributed by atoms with Crippen LogP contribution in [0.5, 0.6) is 0 Å². The number of nitrogens with one attached hydrogen (secondary N) is 1. The highest BCUT2D eigenvalue weighted by Crippen LogP contribution is 2.32. The SMILES string of the molecule is CCCNC(C1=CCCC1)c1ccc(C)c(Br)c1. The first-order chi connectivity index (χ1) is 8.72. The summed E-state index contributed by atoms with van der Waals surface area (Å²) in [6.45, 7) is 5.43. The van der Waals surface area contributed by atoms with E-state index in [0.29, 0.717) is 6.04 Å². The molecule has 1 aliphatic carbocycles. The van der Waals surface area contributed by atoms with Gasteiger partial charge >= 0.3 is 0 Å². The number of hydrogen-bond acceptors (Lipinski definition) is 1. The summed E-state index contributed by atoms with van der Waals surface area (Å²) in [6, 6.07) is 7.13. The first-order valence-corrected chi connectivity index (χ1v) is 7.70. The van der Waals surface area contributed by atoms with Crippen molar-refractivity contribution < 1.29 is 0 Å². The van der Waals surface area contributed by atoms with Crippen molar-refractivity contribution >= 4 is 15.9 Å². The van der Waals surface area contributed by atoms with Gasteiger partial charge in [-0.3, -0.25) is 0 Å². The van der Waals surface area contributed by atoms with E-state index in [1.54, 1.807) is 5.57 Å². The normalized spacial score (nSPS) is 16.7. The molecule has 0 amide bonds. The number of aryl methyl sites for hydroxylation is 1. The molecule has 1 aromatic rings. The summed E-state index contributed by atoms with van der Waals surface area (Å²) in [6.07, 6.45) is 7.39. The third kappa shape index (κ3) is 3.24. The maximum Gasteiger partial charge on any atom is 0.0536 e. The van der Waals surface area contributed by atoms with Gasteiger partial charge in [-0.15, -0.1) is 0 Å². The van der Waals surface area contributed by atoms with E-state index < -0.39 is 0 Å². The molecule has 1 aliphatic rings. The molecule has 0 bridgehead atoms. The largest absolute Gasteiger partial charge is 0.307 e. The number of halogens is 1. The molecule has 1 N–H and O–H groups in total. The summed E-state index contributed by atoms with van der Waals surface area (Å²) in [5, 5.41) is 3.69. The fraction of sp³-hybridized carbons (Fsp3) is 0.500. The summed E-state index contributed by atoms with van der Waals surface area (Å²) in [5.41, 5.74) is 4.25. The van der Waals surface area contributed by atoms with Gasteiger partial charge in [0.2, 0.25) is 0 Å². The van der Waals surface area contributed by atoms with Crippen LogP contribution < -0.4 is 5.32 Å². The molecule has 0 aromatic heterocycles. The first kappa shape index (κ1) is 13.8. The minimum absolute atomic E-state index is 0.407. The van der Waals surface area contributed by atoms with Crippen molar-refractivity contribution in [3.05, 3.63) is 45.4 Å². The standard InChI is InChI=1S/C16H22BrN/c1-3-10-18-16(13-6-4-5-7-13)14-9-8-12(2)15(17)11-14/h6,8-9,11,16,18H,3-5,7,10H2,1-2H3. The molecule has 1 aromatic carbocycles. The number of hydrogen-bond donors (Lipinski definition) is 1. The van der Waals surface area contributed by atoms with E-state index in [9.17, 15) is 0 Å². The van der Waals surface area contributed by atoms with Crippen LogP contribution in [0.25, 0.3) is 0 Å². The molecule has 1 atom stereocenters. The van der Waals surface area contributed by atoms with Gasteiger partial charge in [0.15, 0.2) is 0 Å². The molecule has 0 heterocycles. The topological polar surface area (TPSA) is 12.0 Å². The van der Waals surface area contributed by atoms with E-state index in [1.807, 2.05) is 0 Å². The molecule has 98 valence electrons. The van der Waals surface area contributed by atoms with E-state index in [1.165, 1.54) is 41.3 Å². The highest BCUT2D eigenvalue weighted by atomic mass is 79.9. The highest BCUT2D eigenvalue weighted by molar-refractivity contribution is 9.10. The smallest absolute Gasteiger partial charge is 0.0536 e. The Morgan fingerprint density at radius 3 is 2.83 bits per heavy atom. The molecular weight excluding hydrogens is 286 g/mol. The van der Waals surface area contributed by atoms with Crippen LogP contribution in [0.3, 0.4) is 0 Å². The molecule has 0 aliphatic heterocycles. The van der Waals surface area contributed by atoms with Crippen molar-refractivity contribution in [3.8, 4) is 0 Å². The maximum atomic E-state index is 3.69. The Morgan fingerprint density at radius 1 is 1.39 bits per heavy atom. The van der Waals surface area contributed by atoms with Crippen molar-refractivity contribution in [1.29, 1.82) is 0 Å². The molecule has 0 saturated heterocycles. The molecule has 0 radical (unpaired) electrons. The summed E-state index contributed by atoms with van der Waals surface area (Å²) in [5.74, 6) is 0. The summed E-state index contributed by atoms with van der Waals surface area (Å²) in [4.78, 5) is 0. The van der Waals surface area contributed by atoms with Gasteiger partial charge in [0.1, 0.15) is 0 Å². The summed E-state index contributed by atoms with van der Waals surface area (Å²) >= 11 is 3.64. The fourth-order valence-electron chi connectivity index (χ4n) is 2.50. The van der Waals surface area contributed by atoms with Crippen LogP contribution in [0, 0.1) is 6.92 Å². The van der Waals surface area contributed by atoms with Gasteiger partial charge < -0.3 is 5.32 Å². The third-order valence-corrected chi connectivity index (χ3v) is 4.43. The Balaban J connectivity index is 2.23. The molecule has 1 unspecified atom stereocenters. The monoisotopic (exact) mass is 307 g/mol. The second-order valence-electron chi connectivity index (χ2n) is 5.07. The zero-order valence-electron chi connectivity index (χ0n) is 11.3. The first-order valence-electron chi connectivity index (χ1n) is 6.90. The Hall–Kier alpha value is -0.600. The minimum Gasteiger partial charge on any atom is -0.307 e. The molecule has 1 nitrogen and oxygen atoms in total. The zero-order valence-corrected chi connectivity index (χ0v) is 12.9. The van der Waals surface area contributed by atoms with E-state index in [2.05, 4.69) is 59.4 Å². The van der Waals surface area contributed by atoms with Crippen molar-refractivity contribution in [2.24, 2.45) is 0 Å². The molecule has 0 saturated carbocycles. The van der Waals surface area contributed by atoms with E-state index in [0.717, 1.165) is 6.54 Å². The third-order valence-electron chi connectivity index (χ3n) is 3.57. The second kappa shape index (κ2) is 6.53. The highest BCUT2D eigenvalue weighted by Gasteiger charge is 2.18. The number of allylic oxidation sites excluding steroid dienone is 1. The van der Waals surface area contributed by atoms with Crippen LogP contribution in [-0.4, -0.2) is 6.54 Å². The lowest BCUT2D eigenvalue weighted by Gasteiger charge is -2.21. The summed E-state index contributed by atoms with van der Waals surface area (Å²) < 4.78 is 1.21.